The second kappa shape index (κ2) is 16.2. The van der Waals surface area contributed by atoms with Gasteiger partial charge in [0.05, 0.1) is 0 Å². The number of hydrogen-bond acceptors (Lipinski definition) is 1. The van der Waals surface area contributed by atoms with E-state index >= 15 is 0 Å². The van der Waals surface area contributed by atoms with E-state index in [1.165, 1.54) is 83.5 Å². The molecule has 0 bridgehead atoms. The maximum Gasteiger partial charge on any atom is 0.135 e. The summed E-state index contributed by atoms with van der Waals surface area (Å²) in [6, 6.07) is 0. The smallest absolute Gasteiger partial charge is 0.135 e. The van der Waals surface area contributed by atoms with E-state index in [1.54, 1.807) is 0 Å². The summed E-state index contributed by atoms with van der Waals surface area (Å²) in [5, 5.41) is 0. The number of carbonyl (C=O) groups is 1. The molecule has 0 aromatic carbocycles. The van der Waals surface area contributed by atoms with Gasteiger partial charge in [-0.2, -0.15) is 0 Å². The van der Waals surface area contributed by atoms with Gasteiger partial charge in [0.2, 0.25) is 0 Å². The number of rotatable bonds is 18. The van der Waals surface area contributed by atoms with Crippen LogP contribution in [0.5, 0.6) is 0 Å². The zero-order chi connectivity index (χ0) is 18.1. The Morgan fingerprint density at radius 3 is 1.38 bits per heavy atom. The fourth-order valence-electron chi connectivity index (χ4n) is 4.02. The van der Waals surface area contributed by atoms with E-state index in [2.05, 4.69) is 20.8 Å². The van der Waals surface area contributed by atoms with Gasteiger partial charge in [-0.05, 0) is 26.2 Å². The normalized spacial score (nSPS) is 13.8. The summed E-state index contributed by atoms with van der Waals surface area (Å²) in [5.41, 5.74) is 0.00401. The van der Waals surface area contributed by atoms with E-state index in [0.29, 0.717) is 5.78 Å². The molecule has 0 aromatic heterocycles. The van der Waals surface area contributed by atoms with Gasteiger partial charge in [0, 0.05) is 5.41 Å². The number of ketones is 1. The Kier molecular flexibility index (Phi) is 15.9. The molecule has 0 aromatic rings. The number of unbranched alkanes of at least 4 members (excludes halogenated alkanes) is 11. The van der Waals surface area contributed by atoms with Crippen LogP contribution in [0.15, 0.2) is 0 Å². The molecule has 0 aliphatic carbocycles. The first-order valence-electron chi connectivity index (χ1n) is 11.1. The van der Waals surface area contributed by atoms with Crippen LogP contribution in [0.25, 0.3) is 0 Å². The molecule has 0 saturated heterocycles. The molecule has 1 heteroatoms. The maximum atomic E-state index is 12.3. The molecule has 0 aliphatic heterocycles. The first-order chi connectivity index (χ1) is 11.6. The Labute approximate surface area is 153 Å². The molecule has 0 amide bonds. The van der Waals surface area contributed by atoms with E-state index in [1.807, 2.05) is 6.92 Å². The van der Waals surface area contributed by atoms with Crippen molar-refractivity contribution in [3.8, 4) is 0 Å². The Morgan fingerprint density at radius 1 is 0.542 bits per heavy atom. The van der Waals surface area contributed by atoms with Crippen LogP contribution < -0.4 is 0 Å². The Morgan fingerprint density at radius 2 is 0.958 bits per heavy atom. The van der Waals surface area contributed by atoms with Gasteiger partial charge in [-0.1, -0.05) is 111 Å². The summed E-state index contributed by atoms with van der Waals surface area (Å²) in [6.07, 6.45) is 22.1. The van der Waals surface area contributed by atoms with Crippen molar-refractivity contribution >= 4 is 5.78 Å². The van der Waals surface area contributed by atoms with Gasteiger partial charge < -0.3 is 0 Å². The molecule has 0 saturated carbocycles. The van der Waals surface area contributed by atoms with E-state index < -0.39 is 0 Å². The van der Waals surface area contributed by atoms with E-state index in [4.69, 9.17) is 0 Å². The van der Waals surface area contributed by atoms with Gasteiger partial charge in [-0.3, -0.25) is 4.79 Å². The molecule has 1 nitrogen and oxygen atoms in total. The standard InChI is InChI=1S/C23H46O/c1-5-8-10-11-12-13-14-15-16-17-18-21-23(19-7-3,22(4)24)20-9-6-2/h5-21H2,1-4H3. The van der Waals surface area contributed by atoms with Crippen LogP contribution in [-0.4, -0.2) is 5.78 Å². The second-order valence-electron chi connectivity index (χ2n) is 7.98. The summed E-state index contributed by atoms with van der Waals surface area (Å²) < 4.78 is 0. The minimum Gasteiger partial charge on any atom is -0.299 e. The van der Waals surface area contributed by atoms with Crippen LogP contribution in [0, 0.1) is 5.41 Å². The molecule has 144 valence electrons. The highest BCUT2D eigenvalue weighted by Gasteiger charge is 2.32. The highest BCUT2D eigenvalue weighted by atomic mass is 16.1. The lowest BCUT2D eigenvalue weighted by molar-refractivity contribution is -0.128. The fourth-order valence-corrected chi connectivity index (χ4v) is 4.02. The molecule has 0 N–H and O–H groups in total. The van der Waals surface area contributed by atoms with Crippen molar-refractivity contribution in [2.24, 2.45) is 5.41 Å². The third-order valence-corrected chi connectivity index (χ3v) is 5.74. The van der Waals surface area contributed by atoms with Crippen LogP contribution in [0.3, 0.4) is 0 Å². The Balaban J connectivity index is 3.81. The van der Waals surface area contributed by atoms with E-state index in [9.17, 15) is 4.79 Å². The maximum absolute atomic E-state index is 12.3. The molecule has 1 unspecified atom stereocenters. The number of carbonyl (C=O) groups excluding carboxylic acids is 1. The van der Waals surface area contributed by atoms with Gasteiger partial charge in [0.15, 0.2) is 0 Å². The first kappa shape index (κ1) is 23.7. The molecule has 0 fully saturated rings. The van der Waals surface area contributed by atoms with Crippen molar-refractivity contribution in [1.82, 2.24) is 0 Å². The minimum absolute atomic E-state index is 0.00401. The molecule has 0 spiro atoms. The largest absolute Gasteiger partial charge is 0.299 e. The van der Waals surface area contributed by atoms with Gasteiger partial charge in [0.1, 0.15) is 5.78 Å². The quantitative estimate of drug-likeness (QED) is 0.230. The lowest BCUT2D eigenvalue weighted by Crippen LogP contribution is -2.29. The Bertz CT molecular complexity index is 284. The lowest BCUT2D eigenvalue weighted by Gasteiger charge is -2.31. The van der Waals surface area contributed by atoms with Crippen molar-refractivity contribution in [2.45, 2.75) is 137 Å². The van der Waals surface area contributed by atoms with Crippen molar-refractivity contribution in [1.29, 1.82) is 0 Å². The molecular weight excluding hydrogens is 292 g/mol. The average Bonchev–Trinajstić information content (AvgIpc) is 2.57. The topological polar surface area (TPSA) is 17.1 Å². The van der Waals surface area contributed by atoms with Crippen molar-refractivity contribution in [2.75, 3.05) is 0 Å². The molecule has 0 heterocycles. The third-order valence-electron chi connectivity index (χ3n) is 5.74. The summed E-state index contributed by atoms with van der Waals surface area (Å²) in [7, 11) is 0. The fraction of sp³-hybridized carbons (Fsp3) is 0.957. The molecule has 24 heavy (non-hydrogen) atoms. The monoisotopic (exact) mass is 338 g/mol. The Hall–Kier alpha value is -0.330. The average molecular weight is 339 g/mol. The SMILES string of the molecule is CCCCCCCCCCCCCC(CCC)(CCCC)C(C)=O. The summed E-state index contributed by atoms with van der Waals surface area (Å²) in [5.74, 6) is 0.449. The summed E-state index contributed by atoms with van der Waals surface area (Å²) in [6.45, 7) is 8.58. The zero-order valence-corrected chi connectivity index (χ0v) is 17.4. The van der Waals surface area contributed by atoms with Gasteiger partial charge in [-0.15, -0.1) is 0 Å². The molecule has 0 rings (SSSR count). The number of hydrogen-bond donors (Lipinski definition) is 0. The van der Waals surface area contributed by atoms with Crippen LogP contribution in [0.2, 0.25) is 0 Å². The van der Waals surface area contributed by atoms with Crippen molar-refractivity contribution in [3.05, 3.63) is 0 Å². The van der Waals surface area contributed by atoms with Crippen molar-refractivity contribution < 1.29 is 4.79 Å². The molecule has 1 atom stereocenters. The predicted molar refractivity (Wildman–Crippen MR) is 109 cm³/mol. The number of Topliss-reactive ketones (excluding diaryl/α,β-unsaturated/α-hetero) is 1. The summed E-state index contributed by atoms with van der Waals surface area (Å²) >= 11 is 0. The van der Waals surface area contributed by atoms with Crippen molar-refractivity contribution in [3.63, 3.8) is 0 Å². The van der Waals surface area contributed by atoms with Crippen LogP contribution >= 0.6 is 0 Å². The lowest BCUT2D eigenvalue weighted by atomic mass is 9.72. The van der Waals surface area contributed by atoms with E-state index in [0.717, 1.165) is 25.7 Å². The van der Waals surface area contributed by atoms with Gasteiger partial charge >= 0.3 is 0 Å². The van der Waals surface area contributed by atoms with E-state index in [-0.39, 0.29) is 5.41 Å². The van der Waals surface area contributed by atoms with Crippen LogP contribution in [-0.2, 0) is 4.79 Å². The zero-order valence-electron chi connectivity index (χ0n) is 17.4. The highest BCUT2D eigenvalue weighted by molar-refractivity contribution is 5.82. The highest BCUT2D eigenvalue weighted by Crippen LogP contribution is 2.37. The summed E-state index contributed by atoms with van der Waals surface area (Å²) in [4.78, 5) is 12.3. The predicted octanol–water partition coefficient (Wildman–Crippen LogP) is 8.25. The van der Waals surface area contributed by atoms with Gasteiger partial charge in [0.25, 0.3) is 0 Å². The molecule has 0 radical (unpaired) electrons. The van der Waals surface area contributed by atoms with Gasteiger partial charge in [-0.25, -0.2) is 0 Å². The van der Waals surface area contributed by atoms with Crippen LogP contribution in [0.1, 0.15) is 137 Å². The molecule has 0 aliphatic rings. The second-order valence-corrected chi connectivity index (χ2v) is 7.98. The van der Waals surface area contributed by atoms with Crippen LogP contribution in [0.4, 0.5) is 0 Å². The minimum atomic E-state index is 0.00401. The first-order valence-corrected chi connectivity index (χ1v) is 11.1. The third kappa shape index (κ3) is 11.3. The molecular formula is C23H46O.